The molecule has 1 aromatic rings. The predicted molar refractivity (Wildman–Crippen MR) is 58.0 cm³/mol. The number of benzene rings is 1. The largest absolute Gasteiger partial charge is 0.295 e. The van der Waals surface area contributed by atoms with Crippen molar-refractivity contribution in [3.05, 3.63) is 35.4 Å². The fourth-order valence-corrected chi connectivity index (χ4v) is 2.24. The van der Waals surface area contributed by atoms with E-state index in [4.69, 9.17) is 0 Å². The highest BCUT2D eigenvalue weighted by Crippen LogP contribution is 2.48. The Hall–Kier alpha value is -1.25. The van der Waals surface area contributed by atoms with E-state index in [9.17, 15) is 13.6 Å². The van der Waals surface area contributed by atoms with Gasteiger partial charge in [-0.1, -0.05) is 24.6 Å². The Morgan fingerprint density at radius 3 is 2.50 bits per heavy atom. The summed E-state index contributed by atoms with van der Waals surface area (Å²) in [5.41, 5.74) is 0.136. The van der Waals surface area contributed by atoms with Crippen LogP contribution in [0.1, 0.15) is 42.1 Å². The Labute approximate surface area is 93.5 Å². The number of halogens is 2. The molecule has 0 bridgehead atoms. The molecule has 0 radical (unpaired) electrons. The highest BCUT2D eigenvalue weighted by atomic mass is 19.3. The van der Waals surface area contributed by atoms with Crippen molar-refractivity contribution >= 4 is 5.78 Å². The minimum atomic E-state index is -2.34. The van der Waals surface area contributed by atoms with Crippen molar-refractivity contribution in [1.29, 1.82) is 0 Å². The number of hydrogen-bond acceptors (Lipinski definition) is 1. The van der Waals surface area contributed by atoms with E-state index in [2.05, 4.69) is 0 Å². The summed E-state index contributed by atoms with van der Waals surface area (Å²) >= 11 is 0. The first kappa shape index (κ1) is 11.2. The van der Waals surface area contributed by atoms with E-state index in [0.29, 0.717) is 24.0 Å². The summed E-state index contributed by atoms with van der Waals surface area (Å²) in [5, 5.41) is 0. The van der Waals surface area contributed by atoms with Gasteiger partial charge in [0.15, 0.2) is 5.78 Å². The molecule has 16 heavy (non-hydrogen) atoms. The summed E-state index contributed by atoms with van der Waals surface area (Å²) in [4.78, 5) is 11.2. The van der Waals surface area contributed by atoms with Gasteiger partial charge in [0.2, 0.25) is 6.43 Å². The van der Waals surface area contributed by atoms with Crippen LogP contribution in [0.5, 0.6) is 0 Å². The van der Waals surface area contributed by atoms with Gasteiger partial charge in [-0.05, 0) is 31.4 Å². The molecule has 0 heterocycles. The van der Waals surface area contributed by atoms with Crippen LogP contribution in [0.15, 0.2) is 24.3 Å². The van der Waals surface area contributed by atoms with Crippen molar-refractivity contribution in [2.24, 2.45) is 0 Å². The van der Waals surface area contributed by atoms with Crippen molar-refractivity contribution in [1.82, 2.24) is 0 Å². The van der Waals surface area contributed by atoms with Crippen LogP contribution in [0, 0.1) is 0 Å². The maximum atomic E-state index is 13.1. The van der Waals surface area contributed by atoms with Crippen molar-refractivity contribution in [2.45, 2.75) is 38.0 Å². The van der Waals surface area contributed by atoms with Crippen LogP contribution in [-0.4, -0.2) is 12.2 Å². The number of ketones is 1. The van der Waals surface area contributed by atoms with Gasteiger partial charge in [0.05, 0.1) is 5.41 Å². The number of carbonyl (C=O) groups is 1. The summed E-state index contributed by atoms with van der Waals surface area (Å²) < 4.78 is 26.1. The molecule has 0 N–H and O–H groups in total. The fourth-order valence-electron chi connectivity index (χ4n) is 2.24. The Morgan fingerprint density at radius 2 is 2.06 bits per heavy atom. The van der Waals surface area contributed by atoms with E-state index in [0.717, 1.165) is 6.42 Å². The second kappa shape index (κ2) is 3.96. The Bertz CT molecular complexity index is 408. The van der Waals surface area contributed by atoms with Gasteiger partial charge in [-0.3, -0.25) is 4.79 Å². The summed E-state index contributed by atoms with van der Waals surface area (Å²) in [7, 11) is 0. The molecule has 1 nitrogen and oxygen atoms in total. The Balaban J connectivity index is 2.39. The Morgan fingerprint density at radius 1 is 1.38 bits per heavy atom. The maximum Gasteiger partial charge on any atom is 0.248 e. The molecule has 0 amide bonds. The first-order valence-corrected chi connectivity index (χ1v) is 5.46. The summed E-state index contributed by atoms with van der Waals surface area (Å²) in [5.74, 6) is -0.0782. The SMILES string of the molecule is CC(=O)c1cccc(C2(C(F)F)CCC2)c1. The predicted octanol–water partition coefficient (Wildman–Crippen LogP) is 3.58. The maximum absolute atomic E-state index is 13.1. The van der Waals surface area contributed by atoms with E-state index in [1.54, 1.807) is 24.3 Å². The molecule has 1 aliphatic carbocycles. The zero-order chi connectivity index (χ0) is 11.8. The van der Waals surface area contributed by atoms with Crippen molar-refractivity contribution < 1.29 is 13.6 Å². The Kier molecular flexibility index (Phi) is 2.78. The second-order valence-electron chi connectivity index (χ2n) is 4.45. The van der Waals surface area contributed by atoms with Gasteiger partial charge in [0.1, 0.15) is 0 Å². The lowest BCUT2D eigenvalue weighted by Crippen LogP contribution is -2.41. The molecule has 0 aliphatic heterocycles. The molecule has 1 fully saturated rings. The van der Waals surface area contributed by atoms with Gasteiger partial charge in [0.25, 0.3) is 0 Å². The number of Topliss-reactive ketones (excluding diaryl/α,β-unsaturated/α-hetero) is 1. The minimum absolute atomic E-state index is 0.0782. The summed E-state index contributed by atoms with van der Waals surface area (Å²) in [6, 6.07) is 6.68. The first-order valence-electron chi connectivity index (χ1n) is 5.46. The molecule has 1 saturated carbocycles. The molecule has 0 spiro atoms. The van der Waals surface area contributed by atoms with Crippen LogP contribution >= 0.6 is 0 Å². The molecular formula is C13H14F2O. The molecule has 0 saturated heterocycles. The van der Waals surface area contributed by atoms with Crippen LogP contribution in [0.3, 0.4) is 0 Å². The first-order chi connectivity index (χ1) is 7.56. The highest BCUT2D eigenvalue weighted by Gasteiger charge is 2.46. The second-order valence-corrected chi connectivity index (χ2v) is 4.45. The van der Waals surface area contributed by atoms with Gasteiger partial charge in [-0.15, -0.1) is 0 Å². The number of rotatable bonds is 3. The molecule has 3 heteroatoms. The highest BCUT2D eigenvalue weighted by molar-refractivity contribution is 5.94. The zero-order valence-electron chi connectivity index (χ0n) is 9.17. The molecule has 0 aromatic heterocycles. The number of carbonyl (C=O) groups excluding carboxylic acids is 1. The third-order valence-electron chi connectivity index (χ3n) is 3.51. The monoisotopic (exact) mass is 224 g/mol. The lowest BCUT2D eigenvalue weighted by Gasteiger charge is -2.41. The normalized spacial score (nSPS) is 18.2. The average Bonchev–Trinajstić information content (AvgIpc) is 2.15. The van der Waals surface area contributed by atoms with E-state index in [1.807, 2.05) is 0 Å². The van der Waals surface area contributed by atoms with Gasteiger partial charge in [0, 0.05) is 5.56 Å². The number of hydrogen-bond donors (Lipinski definition) is 0. The quantitative estimate of drug-likeness (QED) is 0.717. The van der Waals surface area contributed by atoms with Gasteiger partial charge >= 0.3 is 0 Å². The van der Waals surface area contributed by atoms with E-state index < -0.39 is 11.8 Å². The van der Waals surface area contributed by atoms with Crippen molar-refractivity contribution in [3.63, 3.8) is 0 Å². The smallest absolute Gasteiger partial charge is 0.248 e. The molecule has 2 rings (SSSR count). The lowest BCUT2D eigenvalue weighted by atomic mass is 9.64. The van der Waals surface area contributed by atoms with Crippen molar-refractivity contribution in [3.8, 4) is 0 Å². The standard InChI is InChI=1S/C13H14F2O/c1-9(16)10-4-2-5-11(8-10)13(12(14)15)6-3-7-13/h2,4-5,8,12H,3,6-7H2,1H3. The fraction of sp³-hybridized carbons (Fsp3) is 0.462. The molecule has 1 aliphatic rings. The summed E-state index contributed by atoms with van der Waals surface area (Å²) in [6.07, 6.45) is -0.462. The molecule has 0 atom stereocenters. The molecule has 0 unspecified atom stereocenters. The average molecular weight is 224 g/mol. The van der Waals surface area contributed by atoms with Gasteiger partial charge < -0.3 is 0 Å². The van der Waals surface area contributed by atoms with E-state index in [-0.39, 0.29) is 5.78 Å². The van der Waals surface area contributed by atoms with Crippen LogP contribution in [0.2, 0.25) is 0 Å². The third kappa shape index (κ3) is 1.64. The van der Waals surface area contributed by atoms with Gasteiger partial charge in [-0.25, -0.2) is 8.78 Å². The van der Waals surface area contributed by atoms with Crippen molar-refractivity contribution in [2.75, 3.05) is 0 Å². The molecule has 86 valence electrons. The van der Waals surface area contributed by atoms with E-state index in [1.165, 1.54) is 6.92 Å². The summed E-state index contributed by atoms with van der Waals surface area (Å²) in [6.45, 7) is 1.45. The third-order valence-corrected chi connectivity index (χ3v) is 3.51. The molecular weight excluding hydrogens is 210 g/mol. The van der Waals surface area contributed by atoms with Crippen LogP contribution < -0.4 is 0 Å². The van der Waals surface area contributed by atoms with Crippen LogP contribution in [0.4, 0.5) is 8.78 Å². The number of alkyl halides is 2. The lowest BCUT2D eigenvalue weighted by molar-refractivity contribution is 0.000796. The molecule has 1 aromatic carbocycles. The van der Waals surface area contributed by atoms with E-state index >= 15 is 0 Å². The zero-order valence-corrected chi connectivity index (χ0v) is 9.17. The van der Waals surface area contributed by atoms with Crippen LogP contribution in [-0.2, 0) is 5.41 Å². The van der Waals surface area contributed by atoms with Crippen LogP contribution in [0.25, 0.3) is 0 Å². The topological polar surface area (TPSA) is 17.1 Å². The van der Waals surface area contributed by atoms with Gasteiger partial charge in [-0.2, -0.15) is 0 Å². The minimum Gasteiger partial charge on any atom is -0.295 e.